The fraction of sp³-hybridized carbons (Fsp3) is 0.333. The minimum atomic E-state index is -4.86. The number of hydrogen-bond donors (Lipinski definition) is 3. The molecule has 2 unspecified atom stereocenters. The third kappa shape index (κ3) is 4.81. The van der Waals surface area contributed by atoms with E-state index in [-0.39, 0.29) is 35.8 Å². The Morgan fingerprint density at radius 1 is 1.35 bits per heavy atom. The normalized spacial score (nSPS) is 18.4. The summed E-state index contributed by atoms with van der Waals surface area (Å²) in [5.41, 5.74) is 0.236. The molecular weight excluding hydrogens is 483 g/mol. The number of nitrogens with zero attached hydrogens (tertiary/aromatic N) is 4. The summed E-state index contributed by atoms with van der Waals surface area (Å²) in [5, 5.41) is 6.16. The van der Waals surface area contributed by atoms with E-state index < -0.39 is 17.8 Å². The zero-order valence-corrected chi connectivity index (χ0v) is 17.7. The van der Waals surface area contributed by atoms with Crippen molar-refractivity contribution in [3.63, 3.8) is 0 Å². The monoisotopic (exact) mass is 499 g/mol. The van der Waals surface area contributed by atoms with Gasteiger partial charge in [-0.1, -0.05) is 15.9 Å². The van der Waals surface area contributed by atoms with E-state index in [1.165, 1.54) is 29.0 Å². The molecule has 1 aliphatic heterocycles. The highest BCUT2D eigenvalue weighted by atomic mass is 79.9. The number of imidazole rings is 1. The average molecular weight is 500 g/mol. The molecule has 0 aliphatic carbocycles. The SMILES string of the molecule is CC1NC=NC1CNc1ncc2[nH]c(=O)n(Cc3cc(Br)ccc3OC(F)(F)F)c2n1. The van der Waals surface area contributed by atoms with Gasteiger partial charge in [-0.2, -0.15) is 4.98 Å². The first kappa shape index (κ1) is 21.2. The van der Waals surface area contributed by atoms with Crippen molar-refractivity contribution in [1.82, 2.24) is 24.8 Å². The van der Waals surface area contributed by atoms with Crippen LogP contribution in [0.15, 0.2) is 38.7 Å². The number of benzene rings is 1. The second kappa shape index (κ2) is 8.21. The van der Waals surface area contributed by atoms with E-state index in [4.69, 9.17) is 0 Å². The smallest absolute Gasteiger partial charge is 0.405 e. The minimum Gasteiger partial charge on any atom is -0.405 e. The largest absolute Gasteiger partial charge is 0.573 e. The Morgan fingerprint density at radius 3 is 2.87 bits per heavy atom. The number of H-pyrrole nitrogens is 1. The van der Waals surface area contributed by atoms with Gasteiger partial charge in [-0.3, -0.25) is 9.56 Å². The summed E-state index contributed by atoms with van der Waals surface area (Å²) in [4.78, 5) is 27.9. The van der Waals surface area contributed by atoms with E-state index in [0.717, 1.165) is 0 Å². The molecule has 3 heterocycles. The van der Waals surface area contributed by atoms with Crippen LogP contribution in [-0.2, 0) is 6.54 Å². The van der Waals surface area contributed by atoms with Crippen LogP contribution >= 0.6 is 15.9 Å². The molecular formula is C18H17BrF3N7O2. The van der Waals surface area contributed by atoms with Crippen molar-refractivity contribution < 1.29 is 17.9 Å². The first-order chi connectivity index (χ1) is 14.7. The van der Waals surface area contributed by atoms with Crippen LogP contribution in [0.25, 0.3) is 11.2 Å². The van der Waals surface area contributed by atoms with Crippen LogP contribution in [0.5, 0.6) is 5.75 Å². The van der Waals surface area contributed by atoms with Crippen molar-refractivity contribution in [1.29, 1.82) is 0 Å². The van der Waals surface area contributed by atoms with Gasteiger partial charge in [0, 0.05) is 22.6 Å². The molecule has 31 heavy (non-hydrogen) atoms. The Labute approximate surface area is 181 Å². The topological polar surface area (TPSA) is 109 Å². The Hall–Kier alpha value is -3.09. The lowest BCUT2D eigenvalue weighted by molar-refractivity contribution is -0.274. The summed E-state index contributed by atoms with van der Waals surface area (Å²) >= 11 is 3.23. The second-order valence-corrected chi connectivity index (χ2v) is 7.84. The molecule has 2 aromatic heterocycles. The van der Waals surface area contributed by atoms with Gasteiger partial charge in [-0.15, -0.1) is 13.2 Å². The molecule has 1 aliphatic rings. The number of aromatic nitrogens is 4. The first-order valence-corrected chi connectivity index (χ1v) is 10.0. The lowest BCUT2D eigenvalue weighted by atomic mass is 10.2. The van der Waals surface area contributed by atoms with E-state index in [1.54, 1.807) is 6.34 Å². The van der Waals surface area contributed by atoms with Crippen LogP contribution < -0.4 is 21.1 Å². The fourth-order valence-electron chi connectivity index (χ4n) is 3.17. The van der Waals surface area contributed by atoms with Crippen LogP contribution in [0.4, 0.5) is 19.1 Å². The number of ether oxygens (including phenoxy) is 1. The Balaban J connectivity index is 1.63. The maximum absolute atomic E-state index is 12.8. The van der Waals surface area contributed by atoms with Gasteiger partial charge in [0.05, 0.1) is 25.1 Å². The molecule has 3 aromatic rings. The van der Waals surface area contributed by atoms with Gasteiger partial charge in [0.25, 0.3) is 0 Å². The zero-order chi connectivity index (χ0) is 22.2. The Kier molecular flexibility index (Phi) is 5.60. The molecule has 1 aromatic carbocycles. The summed E-state index contributed by atoms with van der Waals surface area (Å²) in [6.45, 7) is 2.28. The Morgan fingerprint density at radius 2 is 2.16 bits per heavy atom. The highest BCUT2D eigenvalue weighted by molar-refractivity contribution is 9.10. The molecule has 0 amide bonds. The maximum atomic E-state index is 12.8. The van der Waals surface area contributed by atoms with E-state index in [1.807, 2.05) is 6.92 Å². The summed E-state index contributed by atoms with van der Waals surface area (Å²) in [6, 6.07) is 4.22. The number of aromatic amines is 1. The summed E-state index contributed by atoms with van der Waals surface area (Å²) in [7, 11) is 0. The molecule has 2 atom stereocenters. The Bertz CT molecular complexity index is 1190. The molecule has 164 valence electrons. The van der Waals surface area contributed by atoms with Crippen molar-refractivity contribution in [2.45, 2.75) is 31.9 Å². The van der Waals surface area contributed by atoms with Crippen molar-refractivity contribution in [3.8, 4) is 5.75 Å². The molecule has 0 saturated carbocycles. The predicted octanol–water partition coefficient (Wildman–Crippen LogP) is 2.63. The number of halogens is 4. The zero-order valence-electron chi connectivity index (χ0n) is 16.1. The molecule has 9 nitrogen and oxygen atoms in total. The van der Waals surface area contributed by atoms with Crippen molar-refractivity contribution in [3.05, 3.63) is 44.9 Å². The van der Waals surface area contributed by atoms with E-state index in [2.05, 4.69) is 51.2 Å². The summed E-state index contributed by atoms with van der Waals surface area (Å²) in [5.74, 6) is -0.125. The van der Waals surface area contributed by atoms with Crippen molar-refractivity contribution >= 4 is 39.4 Å². The third-order valence-corrected chi connectivity index (χ3v) is 5.23. The number of rotatable bonds is 6. The van der Waals surface area contributed by atoms with E-state index >= 15 is 0 Å². The van der Waals surface area contributed by atoms with E-state index in [0.29, 0.717) is 16.5 Å². The number of nitrogens with one attached hydrogen (secondary N) is 3. The lowest BCUT2D eigenvalue weighted by Gasteiger charge is -2.15. The van der Waals surface area contributed by atoms with E-state index in [9.17, 15) is 18.0 Å². The molecule has 13 heteroatoms. The molecule has 0 radical (unpaired) electrons. The van der Waals surface area contributed by atoms with Crippen molar-refractivity contribution in [2.24, 2.45) is 4.99 Å². The lowest BCUT2D eigenvalue weighted by Crippen LogP contribution is -2.33. The van der Waals surface area contributed by atoms with Gasteiger partial charge in [0.15, 0.2) is 5.65 Å². The minimum absolute atomic E-state index is 0.00328. The van der Waals surface area contributed by atoms with Crippen molar-refractivity contribution in [2.75, 3.05) is 11.9 Å². The molecule has 0 saturated heterocycles. The standard InChI is InChI=1S/C18H17BrF3N7O2/c1-9-12(26-8-25-9)5-23-16-24-6-13-15(28-16)29(17(30)27-13)7-10-4-11(19)2-3-14(10)31-18(20,21)22/h2-4,6,8-9,12H,5,7H2,1H3,(H,25,26)(H,27,30)(H,23,24,28). The van der Waals surface area contributed by atoms with Gasteiger partial charge in [-0.05, 0) is 25.1 Å². The fourth-order valence-corrected chi connectivity index (χ4v) is 3.57. The van der Waals surface area contributed by atoms with Crippen LogP contribution in [0, 0.1) is 0 Å². The average Bonchev–Trinajstić information content (AvgIpc) is 3.24. The molecule has 4 rings (SSSR count). The van der Waals surface area contributed by atoms with Crippen LogP contribution in [-0.4, -0.2) is 50.8 Å². The summed E-state index contributed by atoms with van der Waals surface area (Å²) < 4.78 is 44.2. The van der Waals surface area contributed by atoms with Gasteiger partial charge in [-0.25, -0.2) is 9.78 Å². The number of anilines is 1. The predicted molar refractivity (Wildman–Crippen MR) is 111 cm³/mol. The van der Waals surface area contributed by atoms with Gasteiger partial charge >= 0.3 is 12.1 Å². The quantitative estimate of drug-likeness (QED) is 0.481. The number of fused-ring (bicyclic) bond motifs is 1. The van der Waals surface area contributed by atoms with Crippen LogP contribution in [0.2, 0.25) is 0 Å². The highest BCUT2D eigenvalue weighted by Crippen LogP contribution is 2.29. The van der Waals surface area contributed by atoms with Gasteiger partial charge in [0.1, 0.15) is 11.3 Å². The molecule has 0 fully saturated rings. The third-order valence-electron chi connectivity index (χ3n) is 4.74. The van der Waals surface area contributed by atoms with Crippen LogP contribution in [0.3, 0.4) is 0 Å². The molecule has 0 spiro atoms. The highest BCUT2D eigenvalue weighted by Gasteiger charge is 2.32. The van der Waals surface area contributed by atoms with Gasteiger partial charge < -0.3 is 20.4 Å². The van der Waals surface area contributed by atoms with Crippen LogP contribution in [0.1, 0.15) is 12.5 Å². The number of hydrogen-bond acceptors (Lipinski definition) is 7. The number of aliphatic imine (C=N–C) groups is 1. The first-order valence-electron chi connectivity index (χ1n) is 9.21. The van der Waals surface area contributed by atoms with Gasteiger partial charge in [0.2, 0.25) is 5.95 Å². The second-order valence-electron chi connectivity index (χ2n) is 6.93. The molecule has 0 bridgehead atoms. The number of alkyl halides is 3. The summed E-state index contributed by atoms with van der Waals surface area (Å²) in [6.07, 6.45) is -1.78. The molecule has 3 N–H and O–H groups in total. The maximum Gasteiger partial charge on any atom is 0.573 e.